The van der Waals surface area contributed by atoms with Crippen LogP contribution in [-0.4, -0.2) is 24.7 Å². The van der Waals surface area contributed by atoms with E-state index in [1.165, 1.54) is 0 Å². The molecule has 0 N–H and O–H groups in total. The lowest BCUT2D eigenvalue weighted by atomic mass is 10.0. The fraction of sp³-hybridized carbons (Fsp3) is 0.455. The van der Waals surface area contributed by atoms with Gasteiger partial charge in [-0.25, -0.2) is 0 Å². The molecule has 0 amide bonds. The van der Waals surface area contributed by atoms with Crippen LogP contribution in [0.1, 0.15) is 11.5 Å². The second-order valence-electron chi connectivity index (χ2n) is 3.54. The minimum Gasteiger partial charge on any atom is -0.371 e. The molecule has 0 fully saturated rings. The van der Waals surface area contributed by atoms with Gasteiger partial charge in [-0.3, -0.25) is 0 Å². The Morgan fingerprint density at radius 2 is 2.06 bits per heavy atom. The van der Waals surface area contributed by atoms with E-state index in [4.69, 9.17) is 11.6 Å². The van der Waals surface area contributed by atoms with E-state index in [9.17, 15) is 13.2 Å². The molecular weight excluding hydrogens is 320 g/mol. The predicted molar refractivity (Wildman–Crippen MR) is 64.9 cm³/mol. The van der Waals surface area contributed by atoms with Crippen LogP contribution in [0.4, 0.5) is 13.2 Å². The molecule has 0 saturated carbocycles. The van der Waals surface area contributed by atoms with Crippen LogP contribution in [0.15, 0.2) is 24.3 Å². The zero-order chi connectivity index (χ0) is 12.9. The Morgan fingerprint density at radius 3 is 2.59 bits per heavy atom. The molecule has 0 heterocycles. The number of halogens is 5. The summed E-state index contributed by atoms with van der Waals surface area (Å²) in [5.41, 5.74) is 0.858. The van der Waals surface area contributed by atoms with Crippen LogP contribution in [-0.2, 0) is 4.74 Å². The molecule has 0 aliphatic carbocycles. The summed E-state index contributed by atoms with van der Waals surface area (Å²) in [7, 11) is 0. The summed E-state index contributed by atoms with van der Waals surface area (Å²) in [6.07, 6.45) is -4.29. The van der Waals surface area contributed by atoms with E-state index in [2.05, 4.69) is 20.7 Å². The minimum atomic E-state index is -4.29. The highest BCUT2D eigenvalue weighted by Crippen LogP contribution is 2.23. The second-order valence-corrected chi connectivity index (χ2v) is 4.62. The summed E-state index contributed by atoms with van der Waals surface area (Å²) >= 11 is 9.07. The monoisotopic (exact) mass is 330 g/mol. The van der Waals surface area contributed by atoms with E-state index in [-0.39, 0.29) is 12.5 Å². The van der Waals surface area contributed by atoms with E-state index in [1.54, 1.807) is 18.2 Å². The molecule has 0 aliphatic heterocycles. The summed E-state index contributed by atoms with van der Waals surface area (Å²) in [6, 6.07) is 7.02. The van der Waals surface area contributed by atoms with Crippen LogP contribution >= 0.6 is 27.5 Å². The lowest BCUT2D eigenvalue weighted by molar-refractivity contribution is -0.174. The molecule has 1 aromatic carbocycles. The smallest absolute Gasteiger partial charge is 0.371 e. The standard InChI is InChI=1S/C11H11BrClF3O/c12-5-9(6-17-7-11(14,15)16)8-2-1-3-10(13)4-8/h1-4,9H,5-7H2. The van der Waals surface area contributed by atoms with Gasteiger partial charge in [0.05, 0.1) is 6.61 Å². The molecule has 1 aromatic rings. The first-order chi connectivity index (χ1) is 7.92. The molecule has 1 atom stereocenters. The molecule has 1 unspecified atom stereocenters. The van der Waals surface area contributed by atoms with Crippen molar-refractivity contribution < 1.29 is 17.9 Å². The van der Waals surface area contributed by atoms with Gasteiger partial charge in [-0.1, -0.05) is 39.7 Å². The van der Waals surface area contributed by atoms with E-state index in [1.807, 2.05) is 6.07 Å². The molecule has 0 radical (unpaired) electrons. The van der Waals surface area contributed by atoms with Crippen molar-refractivity contribution in [2.45, 2.75) is 12.1 Å². The van der Waals surface area contributed by atoms with Crippen molar-refractivity contribution in [1.29, 1.82) is 0 Å². The molecule has 6 heteroatoms. The Labute approximate surface area is 111 Å². The van der Waals surface area contributed by atoms with Gasteiger partial charge in [-0.2, -0.15) is 13.2 Å². The Kier molecular flexibility index (Phi) is 5.76. The van der Waals surface area contributed by atoms with Gasteiger partial charge in [0.25, 0.3) is 0 Å². The molecule has 0 bridgehead atoms. The van der Waals surface area contributed by atoms with Crippen LogP contribution in [0.5, 0.6) is 0 Å². The quantitative estimate of drug-likeness (QED) is 0.727. The molecule has 0 aromatic heterocycles. The summed E-state index contributed by atoms with van der Waals surface area (Å²) in [5.74, 6) is -0.143. The maximum Gasteiger partial charge on any atom is 0.411 e. The van der Waals surface area contributed by atoms with E-state index in [0.717, 1.165) is 5.56 Å². The van der Waals surface area contributed by atoms with Gasteiger partial charge >= 0.3 is 6.18 Å². The molecule has 96 valence electrons. The molecule has 1 nitrogen and oxygen atoms in total. The van der Waals surface area contributed by atoms with Gasteiger partial charge in [0.2, 0.25) is 0 Å². The highest BCUT2D eigenvalue weighted by atomic mass is 79.9. The van der Waals surface area contributed by atoms with Crippen molar-refractivity contribution in [3.63, 3.8) is 0 Å². The van der Waals surface area contributed by atoms with Crippen molar-refractivity contribution >= 4 is 27.5 Å². The van der Waals surface area contributed by atoms with Crippen LogP contribution in [0.25, 0.3) is 0 Å². The second kappa shape index (κ2) is 6.61. The Hall–Kier alpha value is -0.260. The lowest BCUT2D eigenvalue weighted by Crippen LogP contribution is -2.20. The van der Waals surface area contributed by atoms with Gasteiger partial charge in [-0.05, 0) is 17.7 Å². The van der Waals surface area contributed by atoms with Crippen LogP contribution < -0.4 is 0 Å². The third kappa shape index (κ3) is 5.75. The van der Waals surface area contributed by atoms with Gasteiger partial charge < -0.3 is 4.74 Å². The first-order valence-electron chi connectivity index (χ1n) is 4.88. The highest BCUT2D eigenvalue weighted by molar-refractivity contribution is 9.09. The maximum atomic E-state index is 11.9. The first kappa shape index (κ1) is 14.8. The predicted octanol–water partition coefficient (Wildman–Crippen LogP) is 4.40. The number of hydrogen-bond donors (Lipinski definition) is 0. The van der Waals surface area contributed by atoms with Crippen LogP contribution in [0.3, 0.4) is 0 Å². The highest BCUT2D eigenvalue weighted by Gasteiger charge is 2.28. The van der Waals surface area contributed by atoms with Gasteiger partial charge in [0, 0.05) is 16.3 Å². The maximum absolute atomic E-state index is 11.9. The fourth-order valence-electron chi connectivity index (χ4n) is 1.31. The van der Waals surface area contributed by atoms with Gasteiger partial charge in [0.15, 0.2) is 0 Å². The molecular formula is C11H11BrClF3O. The molecule has 0 saturated heterocycles. The number of benzene rings is 1. The van der Waals surface area contributed by atoms with Crippen molar-refractivity contribution in [3.8, 4) is 0 Å². The van der Waals surface area contributed by atoms with Gasteiger partial charge in [0.1, 0.15) is 6.61 Å². The van der Waals surface area contributed by atoms with Crippen molar-refractivity contribution in [1.82, 2.24) is 0 Å². The fourth-order valence-corrected chi connectivity index (χ4v) is 2.07. The Bertz CT molecular complexity index is 357. The van der Waals surface area contributed by atoms with E-state index in [0.29, 0.717) is 10.4 Å². The SMILES string of the molecule is FC(F)(F)COCC(CBr)c1cccc(Cl)c1. The normalized spacial score (nSPS) is 13.7. The Morgan fingerprint density at radius 1 is 1.35 bits per heavy atom. The third-order valence-electron chi connectivity index (χ3n) is 2.09. The Balaban J connectivity index is 2.54. The van der Waals surface area contributed by atoms with E-state index < -0.39 is 12.8 Å². The van der Waals surface area contributed by atoms with Crippen molar-refractivity contribution in [2.75, 3.05) is 18.5 Å². The summed E-state index contributed by atoms with van der Waals surface area (Å²) in [4.78, 5) is 0. The lowest BCUT2D eigenvalue weighted by Gasteiger charge is -2.16. The molecule has 0 spiro atoms. The topological polar surface area (TPSA) is 9.23 Å². The molecule has 1 rings (SSSR count). The average molecular weight is 332 g/mol. The van der Waals surface area contributed by atoms with Crippen molar-refractivity contribution in [2.24, 2.45) is 0 Å². The van der Waals surface area contributed by atoms with Crippen molar-refractivity contribution in [3.05, 3.63) is 34.9 Å². The summed E-state index contributed by atoms with van der Waals surface area (Å²) < 4.78 is 40.4. The summed E-state index contributed by atoms with van der Waals surface area (Å²) in [5, 5.41) is 1.08. The minimum absolute atomic E-state index is 0.00506. The number of alkyl halides is 4. The largest absolute Gasteiger partial charge is 0.411 e. The molecule has 17 heavy (non-hydrogen) atoms. The molecule has 0 aliphatic rings. The van der Waals surface area contributed by atoms with Crippen LogP contribution in [0.2, 0.25) is 5.02 Å². The van der Waals surface area contributed by atoms with E-state index >= 15 is 0 Å². The number of ether oxygens (including phenoxy) is 1. The summed E-state index contributed by atoms with van der Waals surface area (Å²) in [6.45, 7) is -1.22. The number of hydrogen-bond acceptors (Lipinski definition) is 1. The average Bonchev–Trinajstić information content (AvgIpc) is 2.23. The van der Waals surface area contributed by atoms with Gasteiger partial charge in [-0.15, -0.1) is 0 Å². The number of rotatable bonds is 5. The zero-order valence-electron chi connectivity index (χ0n) is 8.81. The zero-order valence-corrected chi connectivity index (χ0v) is 11.1. The first-order valence-corrected chi connectivity index (χ1v) is 6.38. The third-order valence-corrected chi connectivity index (χ3v) is 3.11. The van der Waals surface area contributed by atoms with Crippen LogP contribution in [0, 0.1) is 0 Å².